The highest BCUT2D eigenvalue weighted by atomic mass is 14.7. The molecule has 0 radical (unpaired) electrons. The summed E-state index contributed by atoms with van der Waals surface area (Å²) in [6.45, 7) is 46.5. The van der Waals surface area contributed by atoms with Crippen molar-refractivity contribution in [2.75, 3.05) is 0 Å². The van der Waals surface area contributed by atoms with Crippen LogP contribution in [0.25, 0.3) is 76.5 Å². The molecule has 0 fully saturated rings. The summed E-state index contributed by atoms with van der Waals surface area (Å²) in [6, 6.07) is 81.0. The Kier molecular flexibility index (Phi) is 27.0. The van der Waals surface area contributed by atoms with Crippen molar-refractivity contribution in [3.8, 4) is 33.4 Å². The smallest absolute Gasteiger partial charge is 0.0714 e. The Labute approximate surface area is 739 Å². The van der Waals surface area contributed by atoms with Crippen LogP contribution in [0.5, 0.6) is 0 Å². The molecule has 0 aliphatic heterocycles. The van der Waals surface area contributed by atoms with Crippen LogP contribution in [-0.2, 0) is 69.3 Å². The van der Waals surface area contributed by atoms with E-state index in [0.29, 0.717) is 0 Å². The van der Waals surface area contributed by atoms with E-state index in [1.165, 1.54) is 290 Å². The van der Waals surface area contributed by atoms with Crippen molar-refractivity contribution >= 4 is 43.1 Å². The lowest BCUT2D eigenvalue weighted by molar-refractivity contribution is 0.552. The maximum Gasteiger partial charge on any atom is 0.0714 e. The summed E-state index contributed by atoms with van der Waals surface area (Å²) in [5.74, 6) is 0. The standard InChI is InChI=1S/C120H152N2/c1-21-25-29-33-37-41-45-93-94(46-42-38-34-30-26-22-2)102-75-91(117(17,18)121)67-71-98(102)97-69-49-81(73-101(93)97)82-50-70-99-107-77-103-95(47-43-39-35-31-27-23-3)96(48-44-40-36-32-28-24-4)104-78-108-100-72-68-92(118(19,20)122)76-110(100)120(89-63-55-85(56-64-89)115(11,12)13,90-65-57-86(58-66-90)116(14,15)16)112(108)80-106(104)105(103)79-111(107)119(109(99)74-82,87-59-51-83(52-60-87)113(5,6)7)88-61-53-84(54-62-88)114(8,9)10/h49-80H,21-48,121-122H2,1-20H3. The molecule has 14 rings (SSSR count). The van der Waals surface area contributed by atoms with Crippen molar-refractivity contribution in [1.29, 1.82) is 0 Å². The third kappa shape index (κ3) is 18.0. The number of rotatable bonds is 35. The van der Waals surface area contributed by atoms with Crippen LogP contribution in [0, 0.1) is 0 Å². The maximum atomic E-state index is 7.38. The van der Waals surface area contributed by atoms with Gasteiger partial charge in [-0.1, -0.05) is 391 Å². The van der Waals surface area contributed by atoms with Gasteiger partial charge in [-0.3, -0.25) is 0 Å². The minimum Gasteiger partial charge on any atom is -0.322 e. The van der Waals surface area contributed by atoms with Gasteiger partial charge in [-0.15, -0.1) is 0 Å². The van der Waals surface area contributed by atoms with Crippen molar-refractivity contribution in [2.45, 2.75) is 362 Å². The van der Waals surface area contributed by atoms with E-state index in [1.54, 1.807) is 22.3 Å². The number of unbranched alkanes of at least 4 members (excludes halogenated alkanes) is 20. The molecule has 642 valence electrons. The topological polar surface area (TPSA) is 52.0 Å². The van der Waals surface area contributed by atoms with Gasteiger partial charge in [-0.25, -0.2) is 0 Å². The summed E-state index contributed by atoms with van der Waals surface area (Å²) in [5.41, 5.74) is 44.2. The quantitative estimate of drug-likeness (QED) is 0.0307. The van der Waals surface area contributed by atoms with Crippen LogP contribution in [0.15, 0.2) is 194 Å². The lowest BCUT2D eigenvalue weighted by Crippen LogP contribution is -2.32. The van der Waals surface area contributed by atoms with Crippen molar-refractivity contribution in [3.63, 3.8) is 0 Å². The van der Waals surface area contributed by atoms with E-state index in [4.69, 9.17) is 11.5 Å². The molecular formula is C120H152N2. The molecule has 0 atom stereocenters. The monoisotopic (exact) mass is 1620 g/mol. The molecule has 0 saturated carbocycles. The zero-order chi connectivity index (χ0) is 86.9. The van der Waals surface area contributed by atoms with Crippen LogP contribution in [0.1, 0.15) is 393 Å². The van der Waals surface area contributed by atoms with Gasteiger partial charge in [0.15, 0.2) is 0 Å². The summed E-state index contributed by atoms with van der Waals surface area (Å²) < 4.78 is 0. The van der Waals surface area contributed by atoms with Crippen LogP contribution in [0.3, 0.4) is 0 Å². The molecule has 0 spiro atoms. The Morgan fingerprint density at radius 3 is 0.779 bits per heavy atom. The summed E-state index contributed by atoms with van der Waals surface area (Å²) in [5, 5.41) is 11.1. The molecule has 2 aliphatic carbocycles. The first-order valence-electron chi connectivity index (χ1n) is 48.6. The third-order valence-corrected chi connectivity index (χ3v) is 28.9. The first-order valence-corrected chi connectivity index (χ1v) is 48.6. The van der Waals surface area contributed by atoms with Gasteiger partial charge >= 0.3 is 0 Å². The minimum absolute atomic E-state index is 0.0366. The highest BCUT2D eigenvalue weighted by molar-refractivity contribution is 6.16. The first kappa shape index (κ1) is 89.9. The maximum absolute atomic E-state index is 7.38. The lowest BCUT2D eigenvalue weighted by atomic mass is 9.65. The number of benzene rings is 12. The largest absolute Gasteiger partial charge is 0.322 e. The Balaban J connectivity index is 1.11. The fourth-order valence-corrected chi connectivity index (χ4v) is 21.5. The number of nitrogens with two attached hydrogens (primary N) is 2. The molecule has 0 aromatic heterocycles. The van der Waals surface area contributed by atoms with Gasteiger partial charge in [0.1, 0.15) is 0 Å². The van der Waals surface area contributed by atoms with Gasteiger partial charge in [0, 0.05) is 11.1 Å². The summed E-state index contributed by atoms with van der Waals surface area (Å²) >= 11 is 0. The van der Waals surface area contributed by atoms with Gasteiger partial charge in [0.2, 0.25) is 0 Å². The average Bonchev–Trinajstić information content (AvgIpc) is 1.51. The Morgan fingerprint density at radius 1 is 0.205 bits per heavy atom. The van der Waals surface area contributed by atoms with E-state index in [2.05, 4.69) is 333 Å². The lowest BCUT2D eigenvalue weighted by Gasteiger charge is -2.36. The van der Waals surface area contributed by atoms with Crippen LogP contribution in [0.2, 0.25) is 0 Å². The minimum atomic E-state index is -0.745. The molecule has 0 bridgehead atoms. The summed E-state index contributed by atoms with van der Waals surface area (Å²) in [4.78, 5) is 0. The van der Waals surface area contributed by atoms with Crippen molar-refractivity contribution in [2.24, 2.45) is 11.5 Å². The second-order valence-corrected chi connectivity index (χ2v) is 43.2. The van der Waals surface area contributed by atoms with Gasteiger partial charge < -0.3 is 11.5 Å². The second kappa shape index (κ2) is 36.7. The van der Waals surface area contributed by atoms with Gasteiger partial charge in [-0.05, 0) is 320 Å². The molecule has 2 heteroatoms. The predicted molar refractivity (Wildman–Crippen MR) is 534 cm³/mol. The van der Waals surface area contributed by atoms with Crippen LogP contribution < -0.4 is 11.5 Å². The van der Waals surface area contributed by atoms with Gasteiger partial charge in [-0.2, -0.15) is 0 Å². The summed E-state index contributed by atoms with van der Waals surface area (Å²) in [7, 11) is 0. The predicted octanol–water partition coefficient (Wildman–Crippen LogP) is 33.9. The Bertz CT molecular complexity index is 5540. The van der Waals surface area contributed by atoms with E-state index in [1.807, 2.05) is 0 Å². The highest BCUT2D eigenvalue weighted by Crippen LogP contribution is 2.62. The zero-order valence-corrected chi connectivity index (χ0v) is 79.4. The molecular weight excluding hydrogens is 1470 g/mol. The first-order chi connectivity index (χ1) is 58.2. The zero-order valence-electron chi connectivity index (χ0n) is 79.4. The van der Waals surface area contributed by atoms with E-state index >= 15 is 0 Å². The molecule has 122 heavy (non-hydrogen) atoms. The second-order valence-electron chi connectivity index (χ2n) is 43.2. The molecule has 2 aliphatic rings. The van der Waals surface area contributed by atoms with E-state index in [9.17, 15) is 0 Å². The van der Waals surface area contributed by atoms with E-state index < -0.39 is 21.9 Å². The van der Waals surface area contributed by atoms with Gasteiger partial charge in [0.05, 0.1) is 10.8 Å². The number of aryl methyl sites for hydroxylation is 4. The number of fused-ring (bicyclic) bond motifs is 12. The molecule has 0 amide bonds. The van der Waals surface area contributed by atoms with Crippen LogP contribution in [-0.4, -0.2) is 0 Å². The molecule has 0 saturated heterocycles. The van der Waals surface area contributed by atoms with E-state index in [-0.39, 0.29) is 21.7 Å². The summed E-state index contributed by atoms with van der Waals surface area (Å²) in [6.07, 6.45) is 34.5. The third-order valence-electron chi connectivity index (χ3n) is 28.9. The fraction of sp³-hybridized carbons (Fsp3) is 0.467. The van der Waals surface area contributed by atoms with Crippen LogP contribution >= 0.6 is 0 Å². The molecule has 2 nitrogen and oxygen atoms in total. The van der Waals surface area contributed by atoms with E-state index in [0.717, 1.165) is 44.1 Å². The van der Waals surface area contributed by atoms with Crippen molar-refractivity contribution < 1.29 is 0 Å². The fourth-order valence-electron chi connectivity index (χ4n) is 21.5. The molecule has 12 aromatic rings. The number of hydrogen-bond acceptors (Lipinski definition) is 2. The Morgan fingerprint density at radius 2 is 0.451 bits per heavy atom. The molecule has 0 heterocycles. The average molecular weight is 1620 g/mol. The van der Waals surface area contributed by atoms with Crippen molar-refractivity contribution in [1.82, 2.24) is 0 Å². The molecule has 12 aromatic carbocycles. The molecule has 0 unspecified atom stereocenters. The SMILES string of the molecule is CCCCCCCCc1c(CCCCCCCC)c2cc(C(C)(C)N)ccc2c2ccc(-c3ccc4c(c3)C(c3ccc(C(C)(C)C)cc3)(c3ccc(C(C)(C)C)cc3)c3cc5c(cc3-4)c(CCCCCCCC)c(CCCCCCCC)c3cc4c(cc35)C(c3ccc(C(C)(C)C)cc3)(c3ccc(C(C)(C)C)cc3)c3cc(C(C)(C)N)ccc3-4)cc12. The van der Waals surface area contributed by atoms with Crippen molar-refractivity contribution in [3.05, 3.63) is 294 Å². The number of hydrogen-bond donors (Lipinski definition) is 2. The van der Waals surface area contributed by atoms with Crippen LogP contribution in [0.4, 0.5) is 0 Å². The normalized spacial score (nSPS) is 14.0. The van der Waals surface area contributed by atoms with Gasteiger partial charge in [0.25, 0.3) is 0 Å². The Hall–Kier alpha value is -8.40. The molecule has 4 N–H and O–H groups in total. The highest BCUT2D eigenvalue weighted by Gasteiger charge is 2.50.